The number of ether oxygens (including phenoxy) is 1. The summed E-state index contributed by atoms with van der Waals surface area (Å²) in [5.41, 5.74) is 0.287. The molecule has 0 radical (unpaired) electrons. The molecule has 0 aliphatic heterocycles. The summed E-state index contributed by atoms with van der Waals surface area (Å²) in [5, 5.41) is 6.46. The van der Waals surface area contributed by atoms with Crippen molar-refractivity contribution >= 4 is 17.2 Å². The van der Waals surface area contributed by atoms with Crippen LogP contribution < -0.4 is 5.32 Å². The van der Waals surface area contributed by atoms with Gasteiger partial charge in [-0.1, -0.05) is 5.16 Å². The van der Waals surface area contributed by atoms with Gasteiger partial charge in [0.25, 0.3) is 5.91 Å². The van der Waals surface area contributed by atoms with Gasteiger partial charge in [0.2, 0.25) is 0 Å². The zero-order valence-electron chi connectivity index (χ0n) is 11.1. The highest BCUT2D eigenvalue weighted by Crippen LogP contribution is 2.24. The minimum absolute atomic E-state index is 0.143. The van der Waals surface area contributed by atoms with Crippen LogP contribution in [-0.2, 0) is 4.74 Å². The molecule has 0 aromatic carbocycles. The fourth-order valence-electron chi connectivity index (χ4n) is 1.68. The average Bonchev–Trinajstić information content (AvgIpc) is 2.99. The quantitative estimate of drug-likeness (QED) is 0.913. The first-order valence-electron chi connectivity index (χ1n) is 5.91. The number of rotatable bonds is 5. The number of carbonyl (C=O) groups is 1. The molecule has 102 valence electrons. The summed E-state index contributed by atoms with van der Waals surface area (Å²) in [4.78, 5) is 14.1. The molecule has 1 amide bonds. The predicted molar refractivity (Wildman–Crippen MR) is 72.4 cm³/mol. The molecule has 1 N–H and O–H groups in total. The van der Waals surface area contributed by atoms with E-state index in [9.17, 15) is 4.79 Å². The van der Waals surface area contributed by atoms with Crippen LogP contribution in [0.2, 0.25) is 0 Å². The Kier molecular flexibility index (Phi) is 4.34. The Labute approximate surface area is 115 Å². The number of aromatic nitrogens is 1. The van der Waals surface area contributed by atoms with Crippen molar-refractivity contribution in [2.45, 2.75) is 20.0 Å². The molecule has 0 aliphatic carbocycles. The highest BCUT2D eigenvalue weighted by atomic mass is 32.1. The molecule has 2 aromatic rings. The molecule has 1 atom stereocenters. The van der Waals surface area contributed by atoms with E-state index in [1.165, 1.54) is 4.88 Å². The third-order valence-corrected chi connectivity index (χ3v) is 3.76. The third kappa shape index (κ3) is 3.42. The Morgan fingerprint density at radius 1 is 1.53 bits per heavy atom. The summed E-state index contributed by atoms with van der Waals surface area (Å²) in [7, 11) is 1.63. The Bertz CT molecular complexity index is 562. The van der Waals surface area contributed by atoms with E-state index in [4.69, 9.17) is 9.26 Å². The summed E-state index contributed by atoms with van der Waals surface area (Å²) >= 11 is 1.66. The second-order valence-corrected chi connectivity index (χ2v) is 5.53. The lowest BCUT2D eigenvalue weighted by molar-refractivity contribution is 0.0830. The maximum atomic E-state index is 11.8. The standard InChI is InChI=1S/C13H16N2O3S/c1-8-6-10(15-18-8)13(16)14-7-11(17-3)12-5-4-9(2)19-12/h4-6,11H,7H2,1-3H3,(H,14,16)/t11-/m0/s1. The highest BCUT2D eigenvalue weighted by Gasteiger charge is 2.16. The number of amides is 1. The molecule has 2 aromatic heterocycles. The predicted octanol–water partition coefficient (Wildman–Crippen LogP) is 2.47. The molecule has 0 spiro atoms. The molecule has 0 bridgehead atoms. The minimum Gasteiger partial charge on any atom is -0.374 e. The van der Waals surface area contributed by atoms with Crippen LogP contribution in [0.4, 0.5) is 0 Å². The smallest absolute Gasteiger partial charge is 0.273 e. The zero-order chi connectivity index (χ0) is 13.8. The van der Waals surface area contributed by atoms with Gasteiger partial charge in [-0.25, -0.2) is 0 Å². The Balaban J connectivity index is 1.95. The lowest BCUT2D eigenvalue weighted by Gasteiger charge is -2.13. The minimum atomic E-state index is -0.257. The number of hydrogen-bond donors (Lipinski definition) is 1. The number of aryl methyl sites for hydroxylation is 2. The van der Waals surface area contributed by atoms with E-state index in [2.05, 4.69) is 10.5 Å². The van der Waals surface area contributed by atoms with Crippen molar-refractivity contribution in [3.05, 3.63) is 39.4 Å². The summed E-state index contributed by atoms with van der Waals surface area (Å²) in [6.07, 6.45) is -0.143. The first-order chi connectivity index (χ1) is 9.10. The Morgan fingerprint density at radius 2 is 2.32 bits per heavy atom. The second kappa shape index (κ2) is 5.99. The van der Waals surface area contributed by atoms with Gasteiger partial charge in [0.1, 0.15) is 11.9 Å². The molecule has 19 heavy (non-hydrogen) atoms. The van der Waals surface area contributed by atoms with E-state index in [-0.39, 0.29) is 17.7 Å². The van der Waals surface area contributed by atoms with Crippen molar-refractivity contribution in [1.29, 1.82) is 0 Å². The van der Waals surface area contributed by atoms with E-state index in [1.54, 1.807) is 31.4 Å². The van der Waals surface area contributed by atoms with Gasteiger partial charge in [0.05, 0.1) is 0 Å². The van der Waals surface area contributed by atoms with Gasteiger partial charge in [-0.2, -0.15) is 0 Å². The number of hydrogen-bond acceptors (Lipinski definition) is 5. The van der Waals surface area contributed by atoms with Gasteiger partial charge in [-0.15, -0.1) is 11.3 Å². The molecule has 0 aliphatic rings. The van der Waals surface area contributed by atoms with Crippen molar-refractivity contribution in [1.82, 2.24) is 10.5 Å². The number of methoxy groups -OCH3 is 1. The SMILES string of the molecule is CO[C@@H](CNC(=O)c1cc(C)on1)c1ccc(C)s1. The van der Waals surface area contributed by atoms with Crippen LogP contribution in [0.15, 0.2) is 22.7 Å². The van der Waals surface area contributed by atoms with Crippen LogP contribution >= 0.6 is 11.3 Å². The lowest BCUT2D eigenvalue weighted by Crippen LogP contribution is -2.29. The van der Waals surface area contributed by atoms with Crippen LogP contribution in [0.5, 0.6) is 0 Å². The van der Waals surface area contributed by atoms with Gasteiger partial charge in [-0.3, -0.25) is 4.79 Å². The van der Waals surface area contributed by atoms with Crippen LogP contribution in [-0.4, -0.2) is 24.7 Å². The molecule has 2 heterocycles. The Hall–Kier alpha value is -1.66. The molecule has 2 rings (SSSR count). The fourth-order valence-corrected chi connectivity index (χ4v) is 2.63. The zero-order valence-corrected chi connectivity index (χ0v) is 11.9. The first kappa shape index (κ1) is 13.8. The molecule has 0 saturated heterocycles. The third-order valence-electron chi connectivity index (χ3n) is 2.67. The van der Waals surface area contributed by atoms with Gasteiger partial charge < -0.3 is 14.6 Å². The maximum absolute atomic E-state index is 11.8. The van der Waals surface area contributed by atoms with Crippen LogP contribution in [0.3, 0.4) is 0 Å². The molecule has 0 saturated carbocycles. The summed E-state index contributed by atoms with van der Waals surface area (Å²) in [5.74, 6) is 0.356. The molecular formula is C13H16N2O3S. The monoisotopic (exact) mass is 280 g/mol. The summed E-state index contributed by atoms with van der Waals surface area (Å²) < 4.78 is 10.3. The van der Waals surface area contributed by atoms with Crippen molar-refractivity contribution < 1.29 is 14.1 Å². The van der Waals surface area contributed by atoms with E-state index < -0.39 is 0 Å². The van der Waals surface area contributed by atoms with Gasteiger partial charge in [0, 0.05) is 29.5 Å². The number of thiophene rings is 1. The first-order valence-corrected chi connectivity index (χ1v) is 6.72. The van der Waals surface area contributed by atoms with Crippen LogP contribution in [0, 0.1) is 13.8 Å². The molecule has 5 nitrogen and oxygen atoms in total. The second-order valence-electron chi connectivity index (χ2n) is 4.21. The molecule has 0 unspecified atom stereocenters. The summed E-state index contributed by atoms with van der Waals surface area (Å²) in [6.45, 7) is 4.19. The van der Waals surface area contributed by atoms with E-state index in [1.807, 2.05) is 19.1 Å². The molecular weight excluding hydrogens is 264 g/mol. The number of nitrogens with one attached hydrogen (secondary N) is 1. The van der Waals surface area contributed by atoms with Crippen LogP contribution in [0.1, 0.15) is 32.1 Å². The number of carbonyl (C=O) groups excluding carboxylic acids is 1. The van der Waals surface area contributed by atoms with Crippen molar-refractivity contribution in [3.8, 4) is 0 Å². The molecule has 0 fully saturated rings. The molecule has 6 heteroatoms. The maximum Gasteiger partial charge on any atom is 0.273 e. The van der Waals surface area contributed by atoms with Crippen molar-refractivity contribution in [3.63, 3.8) is 0 Å². The Morgan fingerprint density at radius 3 is 2.84 bits per heavy atom. The highest BCUT2D eigenvalue weighted by molar-refractivity contribution is 7.12. The van der Waals surface area contributed by atoms with Gasteiger partial charge >= 0.3 is 0 Å². The average molecular weight is 280 g/mol. The van der Waals surface area contributed by atoms with Crippen molar-refractivity contribution in [2.75, 3.05) is 13.7 Å². The van der Waals surface area contributed by atoms with Gasteiger partial charge in [-0.05, 0) is 26.0 Å². The summed E-state index contributed by atoms with van der Waals surface area (Å²) in [6, 6.07) is 5.65. The van der Waals surface area contributed by atoms with Gasteiger partial charge in [0.15, 0.2) is 5.69 Å². The number of nitrogens with zero attached hydrogens (tertiary/aromatic N) is 1. The van der Waals surface area contributed by atoms with E-state index in [0.29, 0.717) is 12.3 Å². The fraction of sp³-hybridized carbons (Fsp3) is 0.385. The van der Waals surface area contributed by atoms with E-state index >= 15 is 0 Å². The lowest BCUT2D eigenvalue weighted by atomic mass is 10.2. The van der Waals surface area contributed by atoms with Crippen molar-refractivity contribution in [2.24, 2.45) is 0 Å². The normalized spacial score (nSPS) is 12.4. The van der Waals surface area contributed by atoms with Crippen LogP contribution in [0.25, 0.3) is 0 Å². The van der Waals surface area contributed by atoms with E-state index in [0.717, 1.165) is 4.88 Å². The topological polar surface area (TPSA) is 64.4 Å². The largest absolute Gasteiger partial charge is 0.374 e.